The number of carbonyl (C=O) groups excluding carboxylic acids is 1. The molecular formula is C28H31F3O3S. The lowest BCUT2D eigenvalue weighted by atomic mass is 10.1. The summed E-state index contributed by atoms with van der Waals surface area (Å²) in [6.07, 6.45) is 1.78. The van der Waals surface area contributed by atoms with Crippen molar-refractivity contribution in [2.45, 2.75) is 66.3 Å². The molecule has 0 aromatic heterocycles. The fraction of sp³-hybridized carbons (Fsp3) is 0.321. The predicted molar refractivity (Wildman–Crippen MR) is 133 cm³/mol. The number of carbonyl (C=O) groups is 1. The molecule has 3 aromatic carbocycles. The third-order valence-corrected chi connectivity index (χ3v) is 8.71. The van der Waals surface area contributed by atoms with Crippen LogP contribution in [0.4, 0.5) is 13.2 Å². The van der Waals surface area contributed by atoms with E-state index in [-0.39, 0.29) is 0 Å². The molecule has 0 N–H and O–H groups in total. The summed E-state index contributed by atoms with van der Waals surface area (Å²) < 4.78 is 51.4. The van der Waals surface area contributed by atoms with E-state index in [0.29, 0.717) is 27.0 Å². The van der Waals surface area contributed by atoms with Gasteiger partial charge in [0.15, 0.2) is 0 Å². The monoisotopic (exact) mass is 504 g/mol. The Labute approximate surface area is 206 Å². The average molecular weight is 505 g/mol. The molecule has 188 valence electrons. The van der Waals surface area contributed by atoms with Crippen LogP contribution in [0.25, 0.3) is 0 Å². The lowest BCUT2D eigenvalue weighted by Gasteiger charge is -2.39. The van der Waals surface area contributed by atoms with Crippen LogP contribution >= 0.6 is 10.3 Å². The highest BCUT2D eigenvalue weighted by Crippen LogP contribution is 2.69. The van der Waals surface area contributed by atoms with Crippen molar-refractivity contribution >= 4 is 16.3 Å². The predicted octanol–water partition coefficient (Wildman–Crippen LogP) is 8.73. The Bertz CT molecular complexity index is 999. The second-order valence-electron chi connectivity index (χ2n) is 8.14. The highest BCUT2D eigenvalue weighted by Gasteiger charge is 2.47. The van der Waals surface area contributed by atoms with Crippen LogP contribution < -0.4 is 4.74 Å². The molecule has 0 aliphatic carbocycles. The van der Waals surface area contributed by atoms with Gasteiger partial charge in [0.05, 0.1) is 6.61 Å². The molecule has 0 spiro atoms. The maximum absolute atomic E-state index is 13.4. The smallest absolute Gasteiger partial charge is 0.491 e. The molecule has 35 heavy (non-hydrogen) atoms. The maximum atomic E-state index is 13.4. The average Bonchev–Trinajstić information content (AvgIpc) is 2.87. The number of hydrogen-bond donors (Lipinski definition) is 0. The molecule has 0 amide bonds. The van der Waals surface area contributed by atoms with E-state index in [9.17, 15) is 18.0 Å². The van der Waals surface area contributed by atoms with Gasteiger partial charge >= 0.3 is 12.1 Å². The minimum absolute atomic E-state index is 0.472. The Balaban J connectivity index is 1.91. The second kappa shape index (κ2) is 12.7. The Morgan fingerprint density at radius 2 is 1.20 bits per heavy atom. The topological polar surface area (TPSA) is 35.5 Å². The van der Waals surface area contributed by atoms with Crippen molar-refractivity contribution in [3.05, 3.63) is 84.9 Å². The van der Waals surface area contributed by atoms with Gasteiger partial charge < -0.3 is 8.92 Å². The summed E-state index contributed by atoms with van der Waals surface area (Å²) in [7, 11) is -2.99. The zero-order chi connectivity index (χ0) is 25.2. The van der Waals surface area contributed by atoms with Crippen LogP contribution in [0.3, 0.4) is 0 Å². The fourth-order valence-corrected chi connectivity index (χ4v) is 6.76. The summed E-state index contributed by atoms with van der Waals surface area (Å²) in [5.74, 6) is -1.59. The van der Waals surface area contributed by atoms with Gasteiger partial charge in [-0.15, -0.1) is 0 Å². The van der Waals surface area contributed by atoms with Gasteiger partial charge in [-0.05, 0) is 65.3 Å². The molecule has 0 unspecified atom stereocenters. The van der Waals surface area contributed by atoms with Gasteiger partial charge in [-0.25, -0.2) is 4.79 Å². The largest absolute Gasteiger partial charge is 0.494 e. The van der Waals surface area contributed by atoms with Crippen molar-refractivity contribution in [1.82, 2.24) is 0 Å². The van der Waals surface area contributed by atoms with Crippen LogP contribution in [-0.4, -0.2) is 18.8 Å². The van der Waals surface area contributed by atoms with Gasteiger partial charge in [0.2, 0.25) is 0 Å². The molecule has 0 radical (unpaired) electrons. The molecule has 0 aliphatic heterocycles. The van der Waals surface area contributed by atoms with Crippen LogP contribution in [0.15, 0.2) is 99.6 Å². The van der Waals surface area contributed by atoms with Crippen LogP contribution in [0.5, 0.6) is 5.75 Å². The first kappa shape index (κ1) is 26.7. The second-order valence-corrected chi connectivity index (χ2v) is 10.8. The Hall–Kier alpha value is -2.93. The molecule has 3 rings (SSSR count). The van der Waals surface area contributed by atoms with E-state index in [1.165, 1.54) is 25.7 Å². The molecule has 0 atom stereocenters. The van der Waals surface area contributed by atoms with E-state index in [1.807, 2.05) is 0 Å². The van der Waals surface area contributed by atoms with Gasteiger partial charge in [0.1, 0.15) is 5.75 Å². The van der Waals surface area contributed by atoms with Gasteiger partial charge in [-0.1, -0.05) is 75.4 Å². The highest BCUT2D eigenvalue weighted by atomic mass is 32.3. The first-order chi connectivity index (χ1) is 16.9. The molecule has 3 aromatic rings. The number of hydrogen-bond acceptors (Lipinski definition) is 3. The van der Waals surface area contributed by atoms with Crippen molar-refractivity contribution in [3.8, 4) is 5.75 Å². The van der Waals surface area contributed by atoms with E-state index in [4.69, 9.17) is 8.92 Å². The highest BCUT2D eigenvalue weighted by molar-refractivity contribution is 8.30. The summed E-state index contributed by atoms with van der Waals surface area (Å²) in [6, 6.07) is 24.0. The molecule has 0 saturated heterocycles. The van der Waals surface area contributed by atoms with Crippen molar-refractivity contribution in [1.29, 1.82) is 0 Å². The van der Waals surface area contributed by atoms with Crippen LogP contribution in [-0.2, 0) is 8.98 Å². The van der Waals surface area contributed by atoms with Crippen molar-refractivity contribution in [3.63, 3.8) is 0 Å². The van der Waals surface area contributed by atoms with Crippen LogP contribution in [0.1, 0.15) is 45.4 Å². The van der Waals surface area contributed by atoms with Gasteiger partial charge in [0.25, 0.3) is 0 Å². The number of rotatable bonds is 12. The van der Waals surface area contributed by atoms with Gasteiger partial charge in [0, 0.05) is 14.7 Å². The molecule has 3 nitrogen and oxygen atoms in total. The molecule has 0 heterocycles. The normalized spacial score (nSPS) is 12.2. The minimum Gasteiger partial charge on any atom is -0.494 e. The molecule has 0 aliphatic rings. The Kier molecular flexibility index (Phi) is 9.66. The van der Waals surface area contributed by atoms with Crippen molar-refractivity contribution in [2.24, 2.45) is 0 Å². The number of alkyl halides is 3. The van der Waals surface area contributed by atoms with Crippen LogP contribution in [0, 0.1) is 0 Å². The van der Waals surface area contributed by atoms with E-state index in [2.05, 4.69) is 6.92 Å². The molecule has 7 heteroatoms. The van der Waals surface area contributed by atoms with Gasteiger partial charge in [-0.3, -0.25) is 0 Å². The zero-order valence-corrected chi connectivity index (χ0v) is 20.6. The number of ether oxygens (including phenoxy) is 1. The van der Waals surface area contributed by atoms with Crippen molar-refractivity contribution < 1.29 is 26.9 Å². The van der Waals surface area contributed by atoms with E-state index < -0.39 is 22.5 Å². The molecule has 0 saturated carbocycles. The third kappa shape index (κ3) is 7.04. The minimum atomic E-state index is -5.12. The Morgan fingerprint density at radius 3 is 1.71 bits per heavy atom. The van der Waals surface area contributed by atoms with E-state index >= 15 is 0 Å². The standard InChI is InChI=1S/C28H31F3O3S/c1-2-3-4-5-6-13-22-33-23-18-20-26(21-19-23)35(24-14-9-7-10-15-24,25-16-11-8-12-17-25)34-27(32)28(29,30)31/h7-12,14-21H,2-6,13,22H2,1H3. The van der Waals surface area contributed by atoms with E-state index in [1.54, 1.807) is 84.9 Å². The Morgan fingerprint density at radius 1 is 0.714 bits per heavy atom. The quantitative estimate of drug-likeness (QED) is 0.231. The first-order valence-corrected chi connectivity index (χ1v) is 13.4. The molecule has 0 bridgehead atoms. The van der Waals surface area contributed by atoms with Crippen LogP contribution in [0.2, 0.25) is 0 Å². The molecule has 0 fully saturated rings. The lowest BCUT2D eigenvalue weighted by molar-refractivity contribution is -0.188. The number of halogens is 3. The molecular weight excluding hydrogens is 473 g/mol. The summed E-state index contributed by atoms with van der Waals surface area (Å²) in [5, 5.41) is 0. The summed E-state index contributed by atoms with van der Waals surface area (Å²) in [5.41, 5.74) is 0. The van der Waals surface area contributed by atoms with Crippen molar-refractivity contribution in [2.75, 3.05) is 6.61 Å². The summed E-state index contributed by atoms with van der Waals surface area (Å²) >= 11 is 0. The van der Waals surface area contributed by atoms with Gasteiger partial charge in [-0.2, -0.15) is 13.2 Å². The number of benzene rings is 3. The summed E-state index contributed by atoms with van der Waals surface area (Å²) in [4.78, 5) is 13.6. The SMILES string of the molecule is CCCCCCCCOc1ccc(S(OC(=O)C(F)(F)F)(c2ccccc2)c2ccccc2)cc1. The zero-order valence-electron chi connectivity index (χ0n) is 19.8. The lowest BCUT2D eigenvalue weighted by Crippen LogP contribution is -2.27. The van der Waals surface area contributed by atoms with E-state index in [0.717, 1.165) is 12.8 Å². The number of unbranched alkanes of at least 4 members (excludes halogenated alkanes) is 5. The first-order valence-electron chi connectivity index (χ1n) is 11.8. The fourth-order valence-electron chi connectivity index (χ4n) is 3.74. The maximum Gasteiger partial charge on any atom is 0.491 e. The summed E-state index contributed by atoms with van der Waals surface area (Å²) in [6.45, 7) is 2.76. The third-order valence-electron chi connectivity index (χ3n) is 5.50.